The zero-order valence-electron chi connectivity index (χ0n) is 17.8. The number of hydrogen-bond donors (Lipinski definition) is 2. The number of carbonyl (C=O) groups is 2. The number of benzene rings is 3. The van der Waals surface area contributed by atoms with Crippen molar-refractivity contribution in [3.8, 4) is 11.5 Å². The van der Waals surface area contributed by atoms with Crippen LogP contribution in [0.25, 0.3) is 0 Å². The summed E-state index contributed by atoms with van der Waals surface area (Å²) in [7, 11) is 3.04. The average Bonchev–Trinajstić information content (AvgIpc) is 2.81. The Bertz CT molecular complexity index is 1110. The Morgan fingerprint density at radius 1 is 0.906 bits per heavy atom. The number of halogens is 1. The molecule has 6 nitrogen and oxygen atoms in total. The number of ether oxygens (including phenoxy) is 2. The highest BCUT2D eigenvalue weighted by atomic mass is 32.2. The number of thioether (sulfide) groups is 1. The van der Waals surface area contributed by atoms with Gasteiger partial charge in [0.25, 0.3) is 5.91 Å². The molecule has 2 amide bonds. The predicted molar refractivity (Wildman–Crippen MR) is 124 cm³/mol. The molecule has 0 saturated carbocycles. The highest BCUT2D eigenvalue weighted by Crippen LogP contribution is 2.29. The summed E-state index contributed by atoms with van der Waals surface area (Å²) in [5.41, 5.74) is 1.19. The van der Waals surface area contributed by atoms with E-state index in [0.717, 1.165) is 4.90 Å². The first kappa shape index (κ1) is 23.1. The van der Waals surface area contributed by atoms with Gasteiger partial charge in [-0.1, -0.05) is 12.1 Å². The molecule has 0 radical (unpaired) electrons. The van der Waals surface area contributed by atoms with E-state index in [1.807, 2.05) is 12.1 Å². The minimum Gasteiger partial charge on any atom is -0.493 e. The zero-order valence-corrected chi connectivity index (χ0v) is 18.7. The molecule has 166 valence electrons. The molecule has 3 aromatic carbocycles. The van der Waals surface area contributed by atoms with Crippen LogP contribution in [0.1, 0.15) is 17.3 Å². The van der Waals surface area contributed by atoms with E-state index in [-0.39, 0.29) is 17.5 Å². The SMILES string of the molecule is COc1ccc(C(=O)Nc2ccc(SC(C)C(=O)Nc3ccccc3F)cc2)cc1OC. The van der Waals surface area contributed by atoms with E-state index >= 15 is 0 Å². The van der Waals surface area contributed by atoms with Crippen molar-refractivity contribution in [3.63, 3.8) is 0 Å². The van der Waals surface area contributed by atoms with Crippen LogP contribution in [0, 0.1) is 5.82 Å². The van der Waals surface area contributed by atoms with Crippen LogP contribution in [0.4, 0.5) is 15.8 Å². The maximum Gasteiger partial charge on any atom is 0.255 e. The van der Waals surface area contributed by atoms with Crippen LogP contribution < -0.4 is 20.1 Å². The van der Waals surface area contributed by atoms with E-state index in [0.29, 0.717) is 22.7 Å². The first-order chi connectivity index (χ1) is 15.4. The van der Waals surface area contributed by atoms with Crippen LogP contribution >= 0.6 is 11.8 Å². The monoisotopic (exact) mass is 454 g/mol. The predicted octanol–water partition coefficient (Wildman–Crippen LogP) is 5.21. The number of para-hydroxylation sites is 1. The molecule has 3 rings (SSSR count). The minimum absolute atomic E-state index is 0.151. The molecule has 32 heavy (non-hydrogen) atoms. The van der Waals surface area contributed by atoms with E-state index in [1.54, 1.807) is 49.4 Å². The number of amides is 2. The van der Waals surface area contributed by atoms with Gasteiger partial charge in [0.15, 0.2) is 11.5 Å². The summed E-state index contributed by atoms with van der Waals surface area (Å²) in [4.78, 5) is 25.7. The minimum atomic E-state index is -0.479. The molecule has 0 spiro atoms. The van der Waals surface area contributed by atoms with E-state index in [9.17, 15) is 14.0 Å². The van der Waals surface area contributed by atoms with Crippen molar-refractivity contribution in [2.24, 2.45) is 0 Å². The summed E-state index contributed by atoms with van der Waals surface area (Å²) >= 11 is 1.33. The Morgan fingerprint density at radius 3 is 2.25 bits per heavy atom. The summed E-state index contributed by atoms with van der Waals surface area (Å²) in [6.45, 7) is 1.74. The molecule has 1 unspecified atom stereocenters. The number of rotatable bonds is 8. The lowest BCUT2D eigenvalue weighted by atomic mass is 10.2. The van der Waals surface area contributed by atoms with Crippen LogP contribution in [0.2, 0.25) is 0 Å². The quantitative estimate of drug-likeness (QED) is 0.457. The molecule has 8 heteroatoms. The fourth-order valence-corrected chi connectivity index (χ4v) is 3.72. The molecule has 1 atom stereocenters. The molecule has 0 saturated heterocycles. The summed E-state index contributed by atoms with van der Waals surface area (Å²) in [5.74, 6) is -0.0596. The van der Waals surface area contributed by atoms with Gasteiger partial charge in [0.2, 0.25) is 5.91 Å². The standard InChI is InChI=1S/C24H23FN2O4S/c1-15(23(28)27-20-7-5-4-6-19(20)25)32-18-11-9-17(10-12-18)26-24(29)16-8-13-21(30-2)22(14-16)31-3/h4-15H,1-3H3,(H,26,29)(H,27,28). The third kappa shape index (κ3) is 5.79. The Hall–Kier alpha value is -3.52. The third-order valence-electron chi connectivity index (χ3n) is 4.57. The molecule has 0 aliphatic heterocycles. The lowest BCUT2D eigenvalue weighted by Gasteiger charge is -2.13. The molecule has 3 aromatic rings. The van der Waals surface area contributed by atoms with Gasteiger partial charge >= 0.3 is 0 Å². The fourth-order valence-electron chi connectivity index (χ4n) is 2.85. The normalized spacial score (nSPS) is 11.4. The van der Waals surface area contributed by atoms with Gasteiger partial charge in [0.1, 0.15) is 5.82 Å². The summed E-state index contributed by atoms with van der Waals surface area (Å²) in [6, 6.07) is 18.1. The van der Waals surface area contributed by atoms with E-state index in [1.165, 1.54) is 38.1 Å². The van der Waals surface area contributed by atoms with E-state index < -0.39 is 11.1 Å². The molecule has 0 fully saturated rings. The van der Waals surface area contributed by atoms with Crippen LogP contribution in [-0.2, 0) is 4.79 Å². The summed E-state index contributed by atoms with van der Waals surface area (Å²) in [5, 5.41) is 4.97. The van der Waals surface area contributed by atoms with Crippen molar-refractivity contribution < 1.29 is 23.5 Å². The number of hydrogen-bond acceptors (Lipinski definition) is 5. The van der Waals surface area contributed by atoms with Gasteiger partial charge in [0.05, 0.1) is 25.2 Å². The van der Waals surface area contributed by atoms with Gasteiger partial charge < -0.3 is 20.1 Å². The summed E-state index contributed by atoms with van der Waals surface area (Å²) in [6.07, 6.45) is 0. The van der Waals surface area contributed by atoms with Crippen LogP contribution in [0.5, 0.6) is 11.5 Å². The molecule has 0 heterocycles. The molecular formula is C24H23FN2O4S. The Morgan fingerprint density at radius 2 is 1.59 bits per heavy atom. The maximum absolute atomic E-state index is 13.7. The summed E-state index contributed by atoms with van der Waals surface area (Å²) < 4.78 is 24.1. The Labute approximate surface area is 190 Å². The largest absolute Gasteiger partial charge is 0.493 e. The van der Waals surface area contributed by atoms with Crippen LogP contribution in [-0.4, -0.2) is 31.3 Å². The van der Waals surface area contributed by atoms with Gasteiger partial charge in [-0.05, 0) is 61.5 Å². The Balaban J connectivity index is 1.59. The fraction of sp³-hybridized carbons (Fsp3) is 0.167. The number of methoxy groups -OCH3 is 2. The van der Waals surface area contributed by atoms with Gasteiger partial charge in [-0.15, -0.1) is 11.8 Å². The van der Waals surface area contributed by atoms with E-state index in [2.05, 4.69) is 10.6 Å². The number of anilines is 2. The third-order valence-corrected chi connectivity index (χ3v) is 5.68. The van der Waals surface area contributed by atoms with Crippen LogP contribution in [0.15, 0.2) is 71.6 Å². The van der Waals surface area contributed by atoms with Crippen molar-refractivity contribution in [1.29, 1.82) is 0 Å². The average molecular weight is 455 g/mol. The van der Waals surface area contributed by atoms with Gasteiger partial charge in [0, 0.05) is 16.1 Å². The van der Waals surface area contributed by atoms with Gasteiger partial charge in [-0.25, -0.2) is 4.39 Å². The highest BCUT2D eigenvalue weighted by molar-refractivity contribution is 8.00. The molecule has 0 aromatic heterocycles. The maximum atomic E-state index is 13.7. The lowest BCUT2D eigenvalue weighted by molar-refractivity contribution is -0.115. The second-order valence-electron chi connectivity index (χ2n) is 6.78. The molecule has 0 aliphatic rings. The molecule has 0 bridgehead atoms. The lowest BCUT2D eigenvalue weighted by Crippen LogP contribution is -2.22. The van der Waals surface area contributed by atoms with Gasteiger partial charge in [-0.3, -0.25) is 9.59 Å². The van der Waals surface area contributed by atoms with Crippen LogP contribution in [0.3, 0.4) is 0 Å². The second kappa shape index (κ2) is 10.7. The van der Waals surface area contributed by atoms with Crippen molar-refractivity contribution >= 4 is 35.0 Å². The molecule has 0 aliphatic carbocycles. The van der Waals surface area contributed by atoms with Gasteiger partial charge in [-0.2, -0.15) is 0 Å². The smallest absolute Gasteiger partial charge is 0.255 e. The highest BCUT2D eigenvalue weighted by Gasteiger charge is 2.16. The van der Waals surface area contributed by atoms with Crippen molar-refractivity contribution in [3.05, 3.63) is 78.1 Å². The van der Waals surface area contributed by atoms with Crippen molar-refractivity contribution in [2.45, 2.75) is 17.1 Å². The van der Waals surface area contributed by atoms with Crippen molar-refractivity contribution in [2.75, 3.05) is 24.9 Å². The molecule has 2 N–H and O–H groups in total. The van der Waals surface area contributed by atoms with Crippen molar-refractivity contribution in [1.82, 2.24) is 0 Å². The Kier molecular flexibility index (Phi) is 7.72. The zero-order chi connectivity index (χ0) is 23.1. The topological polar surface area (TPSA) is 76.7 Å². The molecular weight excluding hydrogens is 431 g/mol. The first-order valence-electron chi connectivity index (χ1n) is 9.76. The van der Waals surface area contributed by atoms with E-state index in [4.69, 9.17) is 9.47 Å². The number of nitrogens with one attached hydrogen (secondary N) is 2. The first-order valence-corrected chi connectivity index (χ1v) is 10.6. The second-order valence-corrected chi connectivity index (χ2v) is 8.19. The number of carbonyl (C=O) groups excluding carboxylic acids is 2.